The molecule has 10 heteroatoms. The van der Waals surface area contributed by atoms with Gasteiger partial charge in [0.2, 0.25) is 15.9 Å². The number of aryl methyl sites for hydroxylation is 1. The van der Waals surface area contributed by atoms with E-state index < -0.39 is 10.0 Å². The maximum Gasteiger partial charge on any atom is 0.261 e. The number of hydrogen-bond donors (Lipinski definition) is 1. The first kappa shape index (κ1) is 22.3. The molecule has 0 atom stereocenters. The lowest BCUT2D eigenvalue weighted by atomic mass is 10.0. The topological polar surface area (TPSA) is 106 Å². The monoisotopic (exact) mass is 479 g/mol. The zero-order valence-corrected chi connectivity index (χ0v) is 19.8. The Morgan fingerprint density at radius 1 is 1.09 bits per heavy atom. The van der Waals surface area contributed by atoms with Gasteiger partial charge in [-0.1, -0.05) is 30.3 Å². The number of carbonyl (C=O) groups is 1. The quantitative estimate of drug-likeness (QED) is 0.452. The first-order valence-electron chi connectivity index (χ1n) is 11.0. The van der Waals surface area contributed by atoms with Gasteiger partial charge in [-0.05, 0) is 30.2 Å². The van der Waals surface area contributed by atoms with Crippen molar-refractivity contribution in [3.63, 3.8) is 0 Å². The van der Waals surface area contributed by atoms with Crippen LogP contribution in [0.1, 0.15) is 5.56 Å². The van der Waals surface area contributed by atoms with E-state index in [0.29, 0.717) is 29.7 Å². The van der Waals surface area contributed by atoms with Gasteiger partial charge >= 0.3 is 0 Å². The van der Waals surface area contributed by atoms with E-state index in [-0.39, 0.29) is 30.3 Å². The highest BCUT2D eigenvalue weighted by Gasteiger charge is 2.28. The summed E-state index contributed by atoms with van der Waals surface area (Å²) < 4.78 is 28.7. The fraction of sp³-hybridized carbons (Fsp3) is 0.292. The Bertz CT molecular complexity index is 1600. The summed E-state index contributed by atoms with van der Waals surface area (Å²) in [6, 6.07) is 15.1. The molecule has 0 saturated carbocycles. The summed E-state index contributed by atoms with van der Waals surface area (Å²) in [4.78, 5) is 30.9. The second kappa shape index (κ2) is 8.37. The third-order valence-electron chi connectivity index (χ3n) is 6.27. The van der Waals surface area contributed by atoms with Crippen LogP contribution in [0.15, 0.2) is 53.3 Å². The Labute approximate surface area is 196 Å². The molecular weight excluding hydrogens is 454 g/mol. The number of sulfonamides is 1. The second-order valence-electron chi connectivity index (χ2n) is 8.54. The van der Waals surface area contributed by atoms with E-state index >= 15 is 0 Å². The van der Waals surface area contributed by atoms with E-state index in [4.69, 9.17) is 4.98 Å². The van der Waals surface area contributed by atoms with E-state index in [9.17, 15) is 18.0 Å². The van der Waals surface area contributed by atoms with Gasteiger partial charge in [0.1, 0.15) is 6.54 Å². The third kappa shape index (κ3) is 3.68. The number of fused-ring (bicyclic) bond motifs is 6. The molecule has 5 rings (SSSR count). The van der Waals surface area contributed by atoms with E-state index in [2.05, 4.69) is 5.32 Å². The molecule has 1 aliphatic heterocycles. The molecule has 176 valence electrons. The molecule has 0 aliphatic carbocycles. The molecule has 34 heavy (non-hydrogen) atoms. The van der Waals surface area contributed by atoms with Gasteiger partial charge in [0.25, 0.3) is 5.56 Å². The van der Waals surface area contributed by atoms with E-state index in [1.807, 2.05) is 47.0 Å². The Balaban J connectivity index is 1.57. The highest BCUT2D eigenvalue weighted by molar-refractivity contribution is 7.89. The average molecular weight is 480 g/mol. The molecule has 0 unspecified atom stereocenters. The molecule has 0 bridgehead atoms. The molecule has 1 aliphatic rings. The molecule has 1 amide bonds. The number of amides is 1. The van der Waals surface area contributed by atoms with Crippen molar-refractivity contribution < 1.29 is 13.2 Å². The minimum absolute atomic E-state index is 0.0133. The summed E-state index contributed by atoms with van der Waals surface area (Å²) in [5, 5.41) is 4.30. The normalized spacial score (nSPS) is 13.3. The van der Waals surface area contributed by atoms with Crippen LogP contribution in [0.2, 0.25) is 0 Å². The molecule has 0 radical (unpaired) electrons. The van der Waals surface area contributed by atoms with Crippen molar-refractivity contribution >= 4 is 37.7 Å². The Morgan fingerprint density at radius 2 is 1.79 bits per heavy atom. The van der Waals surface area contributed by atoms with Crippen molar-refractivity contribution in [1.82, 2.24) is 23.7 Å². The van der Waals surface area contributed by atoms with Crippen molar-refractivity contribution in [1.29, 1.82) is 0 Å². The largest absolute Gasteiger partial charge is 0.353 e. The molecule has 9 nitrogen and oxygen atoms in total. The molecule has 4 aromatic rings. The molecule has 0 fully saturated rings. The summed E-state index contributed by atoms with van der Waals surface area (Å²) in [6.45, 7) is 0.516. The van der Waals surface area contributed by atoms with Gasteiger partial charge in [-0.2, -0.15) is 0 Å². The predicted molar refractivity (Wildman–Crippen MR) is 131 cm³/mol. The molecule has 3 heterocycles. The predicted octanol–water partition coefficient (Wildman–Crippen LogP) is 1.58. The van der Waals surface area contributed by atoms with Gasteiger partial charge in [-0.3, -0.25) is 14.2 Å². The summed E-state index contributed by atoms with van der Waals surface area (Å²) in [7, 11) is -0.479. The fourth-order valence-electron chi connectivity index (χ4n) is 4.53. The highest BCUT2D eigenvalue weighted by atomic mass is 32.2. The van der Waals surface area contributed by atoms with Crippen LogP contribution in [0, 0.1) is 0 Å². The summed E-state index contributed by atoms with van der Waals surface area (Å²) >= 11 is 0. The number of nitrogens with one attached hydrogen (secondary N) is 1. The lowest BCUT2D eigenvalue weighted by Gasteiger charge is -2.21. The van der Waals surface area contributed by atoms with E-state index in [1.165, 1.54) is 14.1 Å². The molecule has 0 spiro atoms. The zero-order chi connectivity index (χ0) is 24.0. The van der Waals surface area contributed by atoms with E-state index in [0.717, 1.165) is 26.5 Å². The Hall–Kier alpha value is -3.50. The van der Waals surface area contributed by atoms with Crippen LogP contribution in [-0.4, -0.2) is 59.1 Å². The van der Waals surface area contributed by atoms with Crippen molar-refractivity contribution in [3.8, 4) is 11.5 Å². The zero-order valence-electron chi connectivity index (χ0n) is 19.0. The Kier molecular flexibility index (Phi) is 5.49. The summed E-state index contributed by atoms with van der Waals surface area (Å²) in [6.07, 6.45) is 0.651. The van der Waals surface area contributed by atoms with Gasteiger partial charge in [0.05, 0.1) is 22.3 Å². The van der Waals surface area contributed by atoms with Crippen molar-refractivity contribution in [2.75, 3.05) is 26.4 Å². The number of nitrogens with zero attached hydrogens (tertiary/aromatic N) is 4. The molecule has 2 aromatic carbocycles. The first-order valence-corrected chi connectivity index (χ1v) is 12.7. The third-order valence-corrected chi connectivity index (χ3v) is 8.11. The van der Waals surface area contributed by atoms with Gasteiger partial charge in [-0.25, -0.2) is 17.7 Å². The molecule has 0 saturated heterocycles. The average Bonchev–Trinajstić information content (AvgIpc) is 3.13. The standard InChI is InChI=1S/C24H25N5O4S/c1-27(2)34(32,33)14-12-25-21(30)15-29-20-10-6-4-7-16(20)17-11-13-28-23(22(17)29)26-19-9-5-3-8-18(19)24(28)31/h3-10H,11-15H2,1-2H3,(H,25,30). The molecular formula is C24H25N5O4S. The van der Waals surface area contributed by atoms with Crippen molar-refractivity contribution in [2.45, 2.75) is 19.5 Å². The van der Waals surface area contributed by atoms with Crippen LogP contribution in [0.4, 0.5) is 0 Å². The summed E-state index contributed by atoms with van der Waals surface area (Å²) in [5.41, 5.74) is 3.20. The smallest absolute Gasteiger partial charge is 0.261 e. The lowest BCUT2D eigenvalue weighted by Crippen LogP contribution is -2.35. The van der Waals surface area contributed by atoms with E-state index in [1.54, 1.807) is 10.6 Å². The van der Waals surface area contributed by atoms with Crippen LogP contribution in [0.25, 0.3) is 33.3 Å². The van der Waals surface area contributed by atoms with Crippen LogP contribution in [-0.2, 0) is 34.3 Å². The van der Waals surface area contributed by atoms with Crippen LogP contribution in [0.5, 0.6) is 0 Å². The van der Waals surface area contributed by atoms with Gasteiger partial charge in [0.15, 0.2) is 5.82 Å². The SMILES string of the molecule is CN(C)S(=O)(=O)CCNC(=O)Cn1c2c(c3ccccc31)CCn1c-2nc2ccccc2c1=O. The van der Waals surface area contributed by atoms with Crippen LogP contribution < -0.4 is 10.9 Å². The number of benzene rings is 2. The first-order chi connectivity index (χ1) is 16.3. The molecule has 1 N–H and O–H groups in total. The van der Waals surface area contributed by atoms with Gasteiger partial charge in [-0.15, -0.1) is 0 Å². The Morgan fingerprint density at radius 3 is 2.56 bits per heavy atom. The highest BCUT2D eigenvalue weighted by Crippen LogP contribution is 2.36. The maximum absolute atomic E-state index is 13.2. The maximum atomic E-state index is 13.2. The van der Waals surface area contributed by atoms with Crippen LogP contribution >= 0.6 is 0 Å². The second-order valence-corrected chi connectivity index (χ2v) is 10.8. The van der Waals surface area contributed by atoms with Crippen molar-refractivity contribution in [2.24, 2.45) is 0 Å². The molecule has 2 aromatic heterocycles. The number of carbonyl (C=O) groups excluding carboxylic acids is 1. The number of rotatable bonds is 6. The van der Waals surface area contributed by atoms with Gasteiger partial charge < -0.3 is 9.88 Å². The van der Waals surface area contributed by atoms with Crippen LogP contribution in [0.3, 0.4) is 0 Å². The number of hydrogen-bond acceptors (Lipinski definition) is 5. The lowest BCUT2D eigenvalue weighted by molar-refractivity contribution is -0.121. The fourth-order valence-corrected chi connectivity index (χ4v) is 5.25. The number of para-hydroxylation sites is 2. The minimum atomic E-state index is -3.41. The van der Waals surface area contributed by atoms with Gasteiger partial charge in [0, 0.05) is 38.1 Å². The summed E-state index contributed by atoms with van der Waals surface area (Å²) in [5.74, 6) is 0.0593. The number of aromatic nitrogens is 3. The minimum Gasteiger partial charge on any atom is -0.353 e. The van der Waals surface area contributed by atoms with Crippen molar-refractivity contribution in [3.05, 3.63) is 64.4 Å².